The quantitative estimate of drug-likeness (QED) is 0.865. The molecule has 0 saturated heterocycles. The number of amides is 1. The molecule has 5 nitrogen and oxygen atoms in total. The first-order valence-electron chi connectivity index (χ1n) is 5.49. The molecule has 1 aromatic carbocycles. The first-order valence-corrected chi connectivity index (χ1v) is 5.49. The Labute approximate surface area is 99.5 Å². The Balaban J connectivity index is 1.93. The maximum atomic E-state index is 11.6. The molecule has 0 saturated carbocycles. The van der Waals surface area contributed by atoms with E-state index in [9.17, 15) is 4.79 Å². The van der Waals surface area contributed by atoms with Gasteiger partial charge in [0, 0.05) is 5.69 Å². The Kier molecular flexibility index (Phi) is 3.49. The van der Waals surface area contributed by atoms with E-state index < -0.39 is 0 Å². The van der Waals surface area contributed by atoms with Crippen molar-refractivity contribution in [3.63, 3.8) is 0 Å². The van der Waals surface area contributed by atoms with Gasteiger partial charge in [0.2, 0.25) is 5.91 Å². The minimum Gasteiger partial charge on any atom is -0.324 e. The zero-order valence-electron chi connectivity index (χ0n) is 9.63. The number of benzene rings is 1. The van der Waals surface area contributed by atoms with Crippen LogP contribution in [0.3, 0.4) is 0 Å². The summed E-state index contributed by atoms with van der Waals surface area (Å²) in [6.45, 7) is 2.27. The molecule has 2 rings (SSSR count). The van der Waals surface area contributed by atoms with Crippen LogP contribution in [0.2, 0.25) is 0 Å². The summed E-state index contributed by atoms with van der Waals surface area (Å²) in [6.07, 6.45) is 3.91. The molecule has 1 heterocycles. The highest BCUT2D eigenvalue weighted by Crippen LogP contribution is 2.09. The minimum absolute atomic E-state index is 0.111. The molecule has 0 radical (unpaired) electrons. The molecule has 88 valence electrons. The molecule has 0 aliphatic heterocycles. The van der Waals surface area contributed by atoms with Crippen molar-refractivity contribution in [2.75, 3.05) is 5.32 Å². The predicted molar refractivity (Wildman–Crippen MR) is 64.5 cm³/mol. The van der Waals surface area contributed by atoms with Gasteiger partial charge in [0.05, 0.1) is 0 Å². The van der Waals surface area contributed by atoms with Gasteiger partial charge in [-0.2, -0.15) is 5.10 Å². The van der Waals surface area contributed by atoms with Crippen molar-refractivity contribution in [3.05, 3.63) is 42.5 Å². The molecular weight excluding hydrogens is 216 g/mol. The summed E-state index contributed by atoms with van der Waals surface area (Å²) >= 11 is 0. The number of rotatable bonds is 4. The zero-order valence-corrected chi connectivity index (χ0v) is 9.63. The van der Waals surface area contributed by atoms with Crippen molar-refractivity contribution < 1.29 is 4.79 Å². The van der Waals surface area contributed by atoms with Crippen LogP contribution >= 0.6 is 0 Å². The van der Waals surface area contributed by atoms with Gasteiger partial charge in [-0.3, -0.25) is 4.79 Å². The summed E-state index contributed by atoms with van der Waals surface area (Å²) < 4.78 is 1.48. The Morgan fingerprint density at radius 2 is 2.12 bits per heavy atom. The van der Waals surface area contributed by atoms with Crippen molar-refractivity contribution >= 4 is 11.6 Å². The monoisotopic (exact) mass is 230 g/mol. The van der Waals surface area contributed by atoms with Gasteiger partial charge in [-0.05, 0) is 24.1 Å². The van der Waals surface area contributed by atoms with Crippen molar-refractivity contribution in [2.45, 2.75) is 19.9 Å². The van der Waals surface area contributed by atoms with E-state index in [4.69, 9.17) is 0 Å². The molecule has 0 aliphatic carbocycles. The third-order valence-electron chi connectivity index (χ3n) is 2.42. The second-order valence-corrected chi connectivity index (χ2v) is 3.69. The van der Waals surface area contributed by atoms with Crippen LogP contribution in [0.1, 0.15) is 12.5 Å². The molecule has 1 aromatic heterocycles. The van der Waals surface area contributed by atoms with Crippen LogP contribution in [0.25, 0.3) is 0 Å². The van der Waals surface area contributed by atoms with Gasteiger partial charge in [0.1, 0.15) is 19.2 Å². The number of carbonyl (C=O) groups is 1. The second-order valence-electron chi connectivity index (χ2n) is 3.69. The Morgan fingerprint density at radius 1 is 1.35 bits per heavy atom. The molecule has 2 aromatic rings. The molecule has 0 spiro atoms. The van der Waals surface area contributed by atoms with Crippen LogP contribution in [-0.2, 0) is 17.8 Å². The van der Waals surface area contributed by atoms with E-state index in [1.54, 1.807) is 0 Å². The Hall–Kier alpha value is -2.17. The molecule has 0 fully saturated rings. The number of nitrogens with zero attached hydrogens (tertiary/aromatic N) is 3. The summed E-state index contributed by atoms with van der Waals surface area (Å²) in [5, 5.41) is 6.67. The van der Waals surface area contributed by atoms with E-state index in [0.29, 0.717) is 0 Å². The first kappa shape index (κ1) is 11.3. The molecule has 1 N–H and O–H groups in total. The van der Waals surface area contributed by atoms with Crippen LogP contribution in [0.15, 0.2) is 36.9 Å². The molecule has 0 aliphatic rings. The van der Waals surface area contributed by atoms with Gasteiger partial charge < -0.3 is 5.32 Å². The van der Waals surface area contributed by atoms with Crippen LogP contribution in [0.5, 0.6) is 0 Å². The largest absolute Gasteiger partial charge is 0.324 e. The number of anilines is 1. The lowest BCUT2D eigenvalue weighted by Crippen LogP contribution is -2.18. The lowest BCUT2D eigenvalue weighted by molar-refractivity contribution is -0.116. The van der Waals surface area contributed by atoms with Crippen LogP contribution < -0.4 is 5.32 Å². The number of nitrogens with one attached hydrogen (secondary N) is 1. The SMILES string of the molecule is CCc1ccc(NC(=O)Cn2cncn2)cc1. The van der Waals surface area contributed by atoms with E-state index in [1.165, 1.54) is 22.9 Å². The van der Waals surface area contributed by atoms with Gasteiger partial charge in [-0.25, -0.2) is 9.67 Å². The smallest absolute Gasteiger partial charge is 0.246 e. The van der Waals surface area contributed by atoms with Crippen molar-refractivity contribution in [1.29, 1.82) is 0 Å². The lowest BCUT2D eigenvalue weighted by Gasteiger charge is -2.05. The third kappa shape index (κ3) is 3.14. The molecule has 17 heavy (non-hydrogen) atoms. The van der Waals surface area contributed by atoms with E-state index in [-0.39, 0.29) is 12.5 Å². The van der Waals surface area contributed by atoms with Crippen molar-refractivity contribution in [1.82, 2.24) is 14.8 Å². The fourth-order valence-corrected chi connectivity index (χ4v) is 1.49. The van der Waals surface area contributed by atoms with Gasteiger partial charge in [0.25, 0.3) is 0 Å². The molecule has 0 atom stereocenters. The third-order valence-corrected chi connectivity index (χ3v) is 2.42. The summed E-state index contributed by atoms with van der Waals surface area (Å²) in [4.78, 5) is 15.4. The standard InChI is InChI=1S/C12H14N4O/c1-2-10-3-5-11(6-4-10)15-12(17)7-16-9-13-8-14-16/h3-6,8-9H,2,7H2,1H3,(H,15,17). The van der Waals surface area contributed by atoms with Gasteiger partial charge in [0.15, 0.2) is 0 Å². The summed E-state index contributed by atoms with van der Waals surface area (Å²) in [5.41, 5.74) is 2.05. The highest BCUT2D eigenvalue weighted by atomic mass is 16.2. The maximum absolute atomic E-state index is 11.6. The second kappa shape index (κ2) is 5.25. The number of carbonyl (C=O) groups excluding carboxylic acids is 1. The zero-order chi connectivity index (χ0) is 12.1. The van der Waals surface area contributed by atoms with Crippen molar-refractivity contribution in [2.24, 2.45) is 0 Å². The lowest BCUT2D eigenvalue weighted by atomic mass is 10.1. The number of aryl methyl sites for hydroxylation is 1. The van der Waals surface area contributed by atoms with E-state index >= 15 is 0 Å². The highest BCUT2D eigenvalue weighted by molar-refractivity contribution is 5.90. The minimum atomic E-state index is -0.111. The molecule has 0 unspecified atom stereocenters. The number of hydrogen-bond acceptors (Lipinski definition) is 3. The van der Waals surface area contributed by atoms with Gasteiger partial charge >= 0.3 is 0 Å². The summed E-state index contributed by atoms with van der Waals surface area (Å²) in [5.74, 6) is -0.111. The van der Waals surface area contributed by atoms with E-state index in [0.717, 1.165) is 12.1 Å². The average molecular weight is 230 g/mol. The van der Waals surface area contributed by atoms with Gasteiger partial charge in [-0.15, -0.1) is 0 Å². The topological polar surface area (TPSA) is 59.8 Å². The van der Waals surface area contributed by atoms with E-state index in [1.807, 2.05) is 24.3 Å². The fraction of sp³-hybridized carbons (Fsp3) is 0.250. The van der Waals surface area contributed by atoms with Crippen LogP contribution in [0.4, 0.5) is 5.69 Å². The molecule has 5 heteroatoms. The molecule has 0 bridgehead atoms. The van der Waals surface area contributed by atoms with Gasteiger partial charge in [-0.1, -0.05) is 19.1 Å². The Morgan fingerprint density at radius 3 is 2.71 bits per heavy atom. The first-order chi connectivity index (χ1) is 8.28. The Bertz CT molecular complexity index is 476. The van der Waals surface area contributed by atoms with Crippen LogP contribution in [-0.4, -0.2) is 20.7 Å². The fourth-order valence-electron chi connectivity index (χ4n) is 1.49. The summed E-state index contributed by atoms with van der Waals surface area (Å²) in [6, 6.07) is 7.81. The maximum Gasteiger partial charge on any atom is 0.246 e. The molecule has 1 amide bonds. The number of hydrogen-bond donors (Lipinski definition) is 1. The van der Waals surface area contributed by atoms with Crippen molar-refractivity contribution in [3.8, 4) is 0 Å². The van der Waals surface area contributed by atoms with Crippen LogP contribution in [0, 0.1) is 0 Å². The normalized spacial score (nSPS) is 10.2. The van der Waals surface area contributed by atoms with E-state index in [2.05, 4.69) is 22.3 Å². The summed E-state index contributed by atoms with van der Waals surface area (Å²) in [7, 11) is 0. The number of aromatic nitrogens is 3. The predicted octanol–water partition coefficient (Wildman–Crippen LogP) is 1.48. The molecular formula is C12H14N4O. The average Bonchev–Trinajstić information content (AvgIpc) is 2.82. The highest BCUT2D eigenvalue weighted by Gasteiger charge is 2.03.